The zero-order valence-electron chi connectivity index (χ0n) is 15.6. The molecule has 0 spiro atoms. The molecule has 0 amide bonds. The van der Waals surface area contributed by atoms with E-state index in [1.165, 1.54) is 23.8 Å². The number of aliphatic carboxylic acids is 1. The van der Waals surface area contributed by atoms with Gasteiger partial charge in [0.1, 0.15) is 18.2 Å². The van der Waals surface area contributed by atoms with E-state index in [0.717, 1.165) is 10.9 Å². The van der Waals surface area contributed by atoms with Crippen molar-refractivity contribution in [3.63, 3.8) is 0 Å². The van der Waals surface area contributed by atoms with Crippen molar-refractivity contribution < 1.29 is 19.0 Å². The van der Waals surface area contributed by atoms with Crippen molar-refractivity contribution in [3.8, 4) is 11.1 Å². The Morgan fingerprint density at radius 3 is 2.63 bits per heavy atom. The minimum Gasteiger partial charge on any atom is -0.480 e. The normalized spacial score (nSPS) is 12.5. The summed E-state index contributed by atoms with van der Waals surface area (Å²) in [6, 6.07) is 4.57. The van der Waals surface area contributed by atoms with Gasteiger partial charge in [-0.3, -0.25) is 9.36 Å². The van der Waals surface area contributed by atoms with Crippen LogP contribution in [0.4, 0.5) is 4.39 Å². The zero-order valence-corrected chi connectivity index (χ0v) is 16.5. The van der Waals surface area contributed by atoms with Crippen LogP contribution in [0.1, 0.15) is 11.7 Å². The highest BCUT2D eigenvalue weighted by Gasteiger charge is 2.24. The lowest BCUT2D eigenvalue weighted by Gasteiger charge is -2.12. The molecule has 1 unspecified atom stereocenters. The summed E-state index contributed by atoms with van der Waals surface area (Å²) < 4.78 is 20.9. The molecule has 3 heterocycles. The van der Waals surface area contributed by atoms with Gasteiger partial charge < -0.3 is 9.84 Å². The molecule has 4 aromatic rings. The van der Waals surface area contributed by atoms with Crippen molar-refractivity contribution >= 4 is 35.4 Å². The van der Waals surface area contributed by atoms with Crippen LogP contribution in [-0.2, 0) is 16.1 Å². The van der Waals surface area contributed by atoms with Gasteiger partial charge in [0.05, 0.1) is 17.9 Å². The van der Waals surface area contributed by atoms with E-state index in [0.29, 0.717) is 22.5 Å². The van der Waals surface area contributed by atoms with Crippen LogP contribution in [0.3, 0.4) is 0 Å². The predicted octanol–water partition coefficient (Wildman–Crippen LogP) is 1.34. The SMILES string of the molecule is COCc1nn2c(nnc3c(=O)n(C(CS)C(=O)O)cnc32)c1-c1ccc(F)cc1. The summed E-state index contributed by atoms with van der Waals surface area (Å²) >= 11 is 3.99. The Hall–Kier alpha value is -3.38. The minimum atomic E-state index is -1.22. The number of carboxylic acids is 1. The van der Waals surface area contributed by atoms with Gasteiger partial charge in [-0.15, -0.1) is 10.2 Å². The van der Waals surface area contributed by atoms with Gasteiger partial charge in [0.25, 0.3) is 5.56 Å². The first-order valence-corrected chi connectivity index (χ1v) is 9.33. The fourth-order valence-electron chi connectivity index (χ4n) is 3.14. The standard InChI is InChI=1S/C18H15FN6O4S/c1-29-6-11-13(9-2-4-10(19)5-3-9)15-22-21-14-16(25(15)23-11)20-8-24(17(14)26)12(7-30)18(27)28/h2-5,8,12,30H,6-7H2,1H3,(H,27,28). The van der Waals surface area contributed by atoms with Crippen LogP contribution in [0.15, 0.2) is 35.4 Å². The zero-order chi connectivity index (χ0) is 21.4. The van der Waals surface area contributed by atoms with E-state index in [1.807, 2.05) is 0 Å². The van der Waals surface area contributed by atoms with E-state index in [2.05, 4.69) is 32.9 Å². The number of ether oxygens (including phenoxy) is 1. The minimum absolute atomic E-state index is 0.105. The third-order valence-electron chi connectivity index (χ3n) is 4.54. The number of carbonyl (C=O) groups is 1. The molecule has 12 heteroatoms. The van der Waals surface area contributed by atoms with Crippen LogP contribution in [0.2, 0.25) is 0 Å². The predicted molar refractivity (Wildman–Crippen MR) is 107 cm³/mol. The van der Waals surface area contributed by atoms with Gasteiger partial charge in [-0.25, -0.2) is 14.2 Å². The van der Waals surface area contributed by atoms with Gasteiger partial charge >= 0.3 is 5.97 Å². The third kappa shape index (κ3) is 3.19. The Morgan fingerprint density at radius 2 is 2.00 bits per heavy atom. The first kappa shape index (κ1) is 19.9. The molecule has 4 rings (SSSR count). The van der Waals surface area contributed by atoms with Gasteiger partial charge in [0, 0.05) is 12.9 Å². The summed E-state index contributed by atoms with van der Waals surface area (Å²) in [5.74, 6) is -1.71. The molecule has 0 radical (unpaired) electrons. The molecular weight excluding hydrogens is 415 g/mol. The number of aromatic nitrogens is 6. The maximum Gasteiger partial charge on any atom is 0.327 e. The van der Waals surface area contributed by atoms with Crippen molar-refractivity contribution in [3.05, 3.63) is 52.5 Å². The van der Waals surface area contributed by atoms with Crippen molar-refractivity contribution in [2.45, 2.75) is 12.6 Å². The van der Waals surface area contributed by atoms with E-state index in [4.69, 9.17) is 4.74 Å². The molecule has 0 saturated heterocycles. The van der Waals surface area contributed by atoms with Crippen LogP contribution in [0.5, 0.6) is 0 Å². The van der Waals surface area contributed by atoms with Crippen molar-refractivity contribution in [1.82, 2.24) is 29.4 Å². The topological polar surface area (TPSA) is 124 Å². The molecule has 154 valence electrons. The van der Waals surface area contributed by atoms with Gasteiger partial charge in [-0.1, -0.05) is 12.1 Å². The molecule has 10 nitrogen and oxygen atoms in total. The number of methoxy groups -OCH3 is 1. The fourth-order valence-corrected chi connectivity index (χ4v) is 3.47. The molecule has 0 bridgehead atoms. The lowest BCUT2D eigenvalue weighted by Crippen LogP contribution is -2.32. The summed E-state index contributed by atoms with van der Waals surface area (Å²) in [7, 11) is 1.50. The van der Waals surface area contributed by atoms with E-state index in [1.54, 1.807) is 12.1 Å². The van der Waals surface area contributed by atoms with Gasteiger partial charge in [0.2, 0.25) is 0 Å². The molecule has 0 saturated carbocycles. The van der Waals surface area contributed by atoms with Crippen molar-refractivity contribution in [2.75, 3.05) is 12.9 Å². The highest BCUT2D eigenvalue weighted by Crippen LogP contribution is 2.29. The highest BCUT2D eigenvalue weighted by molar-refractivity contribution is 7.80. The number of carboxylic acid groups (broad SMARTS) is 1. The van der Waals surface area contributed by atoms with Gasteiger partial charge in [-0.05, 0) is 17.7 Å². The first-order chi connectivity index (χ1) is 14.5. The van der Waals surface area contributed by atoms with Gasteiger partial charge in [-0.2, -0.15) is 22.2 Å². The maximum atomic E-state index is 13.4. The Morgan fingerprint density at radius 1 is 1.27 bits per heavy atom. The van der Waals surface area contributed by atoms with E-state index in [-0.39, 0.29) is 29.3 Å². The summed E-state index contributed by atoms with van der Waals surface area (Å²) in [4.78, 5) is 28.4. The van der Waals surface area contributed by atoms with Crippen LogP contribution >= 0.6 is 12.6 Å². The monoisotopic (exact) mass is 430 g/mol. The number of fused-ring (bicyclic) bond motifs is 3. The van der Waals surface area contributed by atoms with E-state index in [9.17, 15) is 19.1 Å². The van der Waals surface area contributed by atoms with Crippen LogP contribution in [-0.4, -0.2) is 53.3 Å². The number of thiol groups is 1. The number of nitrogens with zero attached hydrogens (tertiary/aromatic N) is 6. The van der Waals surface area contributed by atoms with Crippen LogP contribution in [0.25, 0.3) is 27.9 Å². The second-order valence-corrected chi connectivity index (χ2v) is 6.73. The average molecular weight is 430 g/mol. The number of hydrogen-bond donors (Lipinski definition) is 2. The Kier molecular flexibility index (Phi) is 5.18. The molecule has 1 aromatic carbocycles. The smallest absolute Gasteiger partial charge is 0.327 e. The molecule has 0 fully saturated rings. The fraction of sp³-hybridized carbons (Fsp3) is 0.222. The molecule has 1 atom stereocenters. The summed E-state index contributed by atoms with van der Waals surface area (Å²) in [6.45, 7) is 0.134. The van der Waals surface area contributed by atoms with E-state index >= 15 is 0 Å². The summed E-state index contributed by atoms with van der Waals surface area (Å²) in [5.41, 5.74) is 1.29. The molecule has 30 heavy (non-hydrogen) atoms. The molecule has 3 aromatic heterocycles. The number of benzene rings is 1. The van der Waals surface area contributed by atoms with Crippen LogP contribution < -0.4 is 5.56 Å². The number of hydrogen-bond acceptors (Lipinski definition) is 8. The Balaban J connectivity index is 2.00. The quantitative estimate of drug-likeness (QED) is 0.439. The van der Waals surface area contributed by atoms with E-state index < -0.39 is 17.6 Å². The highest BCUT2D eigenvalue weighted by atomic mass is 32.1. The molecule has 0 aliphatic rings. The summed E-state index contributed by atoms with van der Waals surface area (Å²) in [6.07, 6.45) is 1.12. The average Bonchev–Trinajstić information content (AvgIpc) is 3.09. The van der Waals surface area contributed by atoms with Crippen molar-refractivity contribution in [2.24, 2.45) is 0 Å². The largest absolute Gasteiger partial charge is 0.480 e. The lowest BCUT2D eigenvalue weighted by molar-refractivity contribution is -0.140. The molecule has 0 aliphatic carbocycles. The van der Waals surface area contributed by atoms with Crippen LogP contribution in [0, 0.1) is 5.82 Å². The molecule has 0 aliphatic heterocycles. The maximum absolute atomic E-state index is 13.4. The molecule has 1 N–H and O–H groups in total. The second-order valence-electron chi connectivity index (χ2n) is 6.36. The molecular formula is C18H15FN6O4S. The lowest BCUT2D eigenvalue weighted by atomic mass is 10.1. The summed E-state index contributed by atoms with van der Waals surface area (Å²) in [5, 5.41) is 21.9. The van der Waals surface area contributed by atoms with Gasteiger partial charge in [0.15, 0.2) is 16.8 Å². The van der Waals surface area contributed by atoms with Crippen molar-refractivity contribution in [1.29, 1.82) is 0 Å². The Bertz CT molecular complexity index is 1320. The second kappa shape index (κ2) is 7.80. The first-order valence-electron chi connectivity index (χ1n) is 8.70. The third-order valence-corrected chi connectivity index (χ3v) is 4.89. The number of rotatable bonds is 6. The number of halogens is 1. The Labute approximate surface area is 173 Å².